The van der Waals surface area contributed by atoms with Crippen molar-refractivity contribution in [1.29, 1.82) is 0 Å². The molecule has 0 aromatic heterocycles. The average Bonchev–Trinajstić information content (AvgIpc) is 3.23. The Bertz CT molecular complexity index is 780. The van der Waals surface area contributed by atoms with E-state index >= 15 is 0 Å². The van der Waals surface area contributed by atoms with Gasteiger partial charge in [-0.2, -0.15) is 0 Å². The Labute approximate surface area is 173 Å². The number of hydrogen-bond acceptors (Lipinski definition) is 3. The first kappa shape index (κ1) is 20.9. The second-order valence-corrected chi connectivity index (χ2v) is 7.20. The zero-order chi connectivity index (χ0) is 20.3. The summed E-state index contributed by atoms with van der Waals surface area (Å²) in [6, 6.07) is 19.5. The summed E-state index contributed by atoms with van der Waals surface area (Å²) in [7, 11) is 1.80. The second kappa shape index (κ2) is 11.2. The molecule has 0 bridgehead atoms. The molecule has 2 aromatic carbocycles. The van der Waals surface area contributed by atoms with Crippen molar-refractivity contribution in [2.24, 2.45) is 10.9 Å². The van der Waals surface area contributed by atoms with Gasteiger partial charge < -0.3 is 20.3 Å². The summed E-state index contributed by atoms with van der Waals surface area (Å²) in [4.78, 5) is 18.7. The van der Waals surface area contributed by atoms with Crippen LogP contribution in [-0.4, -0.2) is 56.6 Å². The fourth-order valence-electron chi connectivity index (χ4n) is 3.45. The molecule has 3 rings (SSSR count). The van der Waals surface area contributed by atoms with E-state index in [0.29, 0.717) is 31.2 Å². The number of likely N-dealkylation sites (tertiary alicyclic amines) is 1. The Morgan fingerprint density at radius 2 is 1.76 bits per heavy atom. The Morgan fingerprint density at radius 1 is 1.07 bits per heavy atom. The summed E-state index contributed by atoms with van der Waals surface area (Å²) in [5.41, 5.74) is 1.88. The third-order valence-electron chi connectivity index (χ3n) is 4.99. The molecule has 0 radical (unpaired) electrons. The number of benzene rings is 2. The van der Waals surface area contributed by atoms with E-state index in [0.717, 1.165) is 32.1 Å². The lowest BCUT2D eigenvalue weighted by atomic mass is 10.1. The monoisotopic (exact) mass is 394 g/mol. The van der Waals surface area contributed by atoms with Gasteiger partial charge in [-0.25, -0.2) is 0 Å². The van der Waals surface area contributed by atoms with Crippen LogP contribution in [0.5, 0.6) is 0 Å². The van der Waals surface area contributed by atoms with Crippen LogP contribution in [-0.2, 0) is 11.3 Å². The van der Waals surface area contributed by atoms with Gasteiger partial charge in [0.25, 0.3) is 5.91 Å². The predicted octanol–water partition coefficient (Wildman–Crippen LogP) is 2.53. The van der Waals surface area contributed by atoms with Crippen molar-refractivity contribution in [2.45, 2.75) is 13.0 Å². The number of nitrogens with zero attached hydrogens (tertiary/aromatic N) is 2. The zero-order valence-electron chi connectivity index (χ0n) is 17.0. The summed E-state index contributed by atoms with van der Waals surface area (Å²) >= 11 is 0. The van der Waals surface area contributed by atoms with E-state index in [1.807, 2.05) is 48.5 Å². The highest BCUT2D eigenvalue weighted by molar-refractivity contribution is 5.94. The number of nitrogens with one attached hydrogen (secondary N) is 2. The lowest BCUT2D eigenvalue weighted by Crippen LogP contribution is -2.43. The van der Waals surface area contributed by atoms with E-state index in [4.69, 9.17) is 4.74 Å². The zero-order valence-corrected chi connectivity index (χ0v) is 17.0. The Balaban J connectivity index is 1.33. The van der Waals surface area contributed by atoms with Crippen LogP contribution in [0.1, 0.15) is 22.3 Å². The number of rotatable bonds is 8. The number of carbonyl (C=O) groups is 1. The van der Waals surface area contributed by atoms with Crippen LogP contribution in [0.4, 0.5) is 0 Å². The van der Waals surface area contributed by atoms with Crippen molar-refractivity contribution in [3.05, 3.63) is 71.8 Å². The lowest BCUT2D eigenvalue weighted by molar-refractivity contribution is 0.0906. The third kappa shape index (κ3) is 6.61. The van der Waals surface area contributed by atoms with E-state index in [1.54, 1.807) is 7.05 Å². The van der Waals surface area contributed by atoms with Gasteiger partial charge in [0.2, 0.25) is 0 Å². The fraction of sp³-hybridized carbons (Fsp3) is 0.391. The SMILES string of the molecule is CN=C(NCCNC(=O)c1ccccc1)N1CCC(COCc2ccccc2)C1. The molecule has 0 spiro atoms. The normalized spacial score (nSPS) is 16.7. The molecular formula is C23H30N4O2. The highest BCUT2D eigenvalue weighted by Crippen LogP contribution is 2.17. The van der Waals surface area contributed by atoms with Gasteiger partial charge in [-0.15, -0.1) is 0 Å². The first-order valence-corrected chi connectivity index (χ1v) is 10.2. The molecule has 0 aliphatic carbocycles. The van der Waals surface area contributed by atoms with Crippen LogP contribution in [0, 0.1) is 5.92 Å². The molecule has 1 saturated heterocycles. The molecule has 1 heterocycles. The first-order chi connectivity index (χ1) is 14.3. The largest absolute Gasteiger partial charge is 0.376 e. The second-order valence-electron chi connectivity index (χ2n) is 7.20. The third-order valence-corrected chi connectivity index (χ3v) is 4.99. The number of ether oxygens (including phenoxy) is 1. The van der Waals surface area contributed by atoms with Crippen molar-refractivity contribution < 1.29 is 9.53 Å². The van der Waals surface area contributed by atoms with Crippen LogP contribution in [0.2, 0.25) is 0 Å². The maximum atomic E-state index is 12.1. The molecule has 1 unspecified atom stereocenters. The molecule has 6 nitrogen and oxygen atoms in total. The van der Waals surface area contributed by atoms with Gasteiger partial charge in [0.15, 0.2) is 5.96 Å². The Morgan fingerprint density at radius 3 is 2.48 bits per heavy atom. The number of guanidine groups is 1. The molecule has 1 fully saturated rings. The lowest BCUT2D eigenvalue weighted by Gasteiger charge is -2.22. The smallest absolute Gasteiger partial charge is 0.251 e. The Hall–Kier alpha value is -2.86. The molecular weight excluding hydrogens is 364 g/mol. The van der Waals surface area contributed by atoms with Gasteiger partial charge in [0, 0.05) is 44.7 Å². The molecule has 29 heavy (non-hydrogen) atoms. The minimum atomic E-state index is -0.0563. The number of amides is 1. The van der Waals surface area contributed by atoms with Crippen LogP contribution in [0.3, 0.4) is 0 Å². The molecule has 1 aliphatic rings. The van der Waals surface area contributed by atoms with Gasteiger partial charge in [-0.05, 0) is 24.1 Å². The van der Waals surface area contributed by atoms with Crippen molar-refractivity contribution in [1.82, 2.24) is 15.5 Å². The Kier molecular flexibility index (Phi) is 8.07. The van der Waals surface area contributed by atoms with E-state index in [1.165, 1.54) is 5.56 Å². The highest BCUT2D eigenvalue weighted by Gasteiger charge is 2.24. The van der Waals surface area contributed by atoms with E-state index in [2.05, 4.69) is 32.7 Å². The molecule has 1 amide bonds. The van der Waals surface area contributed by atoms with E-state index in [9.17, 15) is 4.79 Å². The molecule has 2 aromatic rings. The summed E-state index contributed by atoms with van der Waals surface area (Å²) in [6.07, 6.45) is 1.10. The van der Waals surface area contributed by atoms with Crippen LogP contribution in [0.25, 0.3) is 0 Å². The van der Waals surface area contributed by atoms with Gasteiger partial charge in [-0.1, -0.05) is 48.5 Å². The van der Waals surface area contributed by atoms with Crippen LogP contribution >= 0.6 is 0 Å². The average molecular weight is 395 g/mol. The van der Waals surface area contributed by atoms with Gasteiger partial charge >= 0.3 is 0 Å². The summed E-state index contributed by atoms with van der Waals surface area (Å²) in [6.45, 7) is 4.50. The first-order valence-electron chi connectivity index (χ1n) is 10.2. The minimum Gasteiger partial charge on any atom is -0.376 e. The predicted molar refractivity (Wildman–Crippen MR) is 116 cm³/mol. The number of aliphatic imine (C=N–C) groups is 1. The van der Waals surface area contributed by atoms with Crippen molar-refractivity contribution in [3.63, 3.8) is 0 Å². The minimum absolute atomic E-state index is 0.0563. The van der Waals surface area contributed by atoms with Crippen molar-refractivity contribution in [2.75, 3.05) is 39.8 Å². The molecule has 1 aliphatic heterocycles. The van der Waals surface area contributed by atoms with E-state index < -0.39 is 0 Å². The maximum Gasteiger partial charge on any atom is 0.251 e. The maximum absolute atomic E-state index is 12.1. The van der Waals surface area contributed by atoms with Gasteiger partial charge in [0.05, 0.1) is 13.2 Å². The number of hydrogen-bond donors (Lipinski definition) is 2. The van der Waals surface area contributed by atoms with Crippen LogP contribution in [0.15, 0.2) is 65.7 Å². The summed E-state index contributed by atoms with van der Waals surface area (Å²) in [5.74, 6) is 1.33. The number of carbonyl (C=O) groups excluding carboxylic acids is 1. The van der Waals surface area contributed by atoms with Crippen molar-refractivity contribution >= 4 is 11.9 Å². The van der Waals surface area contributed by atoms with Gasteiger partial charge in [-0.3, -0.25) is 9.79 Å². The van der Waals surface area contributed by atoms with Crippen molar-refractivity contribution in [3.8, 4) is 0 Å². The molecule has 6 heteroatoms. The summed E-state index contributed by atoms with van der Waals surface area (Å²) in [5, 5.41) is 6.27. The van der Waals surface area contributed by atoms with Crippen LogP contribution < -0.4 is 10.6 Å². The quantitative estimate of drug-likeness (QED) is 0.410. The highest BCUT2D eigenvalue weighted by atomic mass is 16.5. The standard InChI is InChI=1S/C23H30N4O2/c1-24-23(26-14-13-25-22(28)21-10-6-3-7-11-21)27-15-12-20(16-27)18-29-17-19-8-4-2-5-9-19/h2-11,20H,12-18H2,1H3,(H,24,26)(H,25,28). The molecule has 2 N–H and O–H groups in total. The van der Waals surface area contributed by atoms with Gasteiger partial charge in [0.1, 0.15) is 0 Å². The molecule has 0 saturated carbocycles. The fourth-order valence-corrected chi connectivity index (χ4v) is 3.45. The van der Waals surface area contributed by atoms with E-state index in [-0.39, 0.29) is 5.91 Å². The molecule has 1 atom stereocenters. The topological polar surface area (TPSA) is 66.0 Å². The molecule has 154 valence electrons. The summed E-state index contributed by atoms with van der Waals surface area (Å²) < 4.78 is 5.90.